The number of pyridine rings is 1. The van der Waals surface area contributed by atoms with Crippen LogP contribution in [-0.2, 0) is 0 Å². The summed E-state index contributed by atoms with van der Waals surface area (Å²) in [5, 5.41) is 4.86. The summed E-state index contributed by atoms with van der Waals surface area (Å²) in [5.41, 5.74) is 8.95. The second-order valence-corrected chi connectivity index (χ2v) is 8.84. The number of halogens is 2. The van der Waals surface area contributed by atoms with Crippen molar-refractivity contribution in [1.29, 1.82) is 0 Å². The topological polar surface area (TPSA) is 80.5 Å². The molecule has 0 saturated carbocycles. The van der Waals surface area contributed by atoms with Crippen molar-refractivity contribution in [2.24, 2.45) is 5.73 Å². The van der Waals surface area contributed by atoms with Gasteiger partial charge in [-0.3, -0.25) is 9.78 Å². The summed E-state index contributed by atoms with van der Waals surface area (Å²) >= 11 is 12.6. The maximum atomic E-state index is 12.3. The number of primary amides is 1. The van der Waals surface area contributed by atoms with Crippen molar-refractivity contribution < 1.29 is 9.53 Å². The van der Waals surface area contributed by atoms with Gasteiger partial charge >= 0.3 is 0 Å². The molecule has 4 rings (SSSR count). The fourth-order valence-electron chi connectivity index (χ4n) is 4.21. The third-order valence-electron chi connectivity index (χ3n) is 5.93. The first-order valence-electron chi connectivity index (χ1n) is 10.7. The van der Waals surface area contributed by atoms with E-state index in [0.29, 0.717) is 39.5 Å². The Morgan fingerprint density at radius 3 is 2.72 bits per heavy atom. The van der Waals surface area contributed by atoms with E-state index in [1.165, 1.54) is 6.20 Å². The highest BCUT2D eigenvalue weighted by molar-refractivity contribution is 6.43. The van der Waals surface area contributed by atoms with Crippen molar-refractivity contribution in [1.82, 2.24) is 9.88 Å². The number of anilines is 2. The Kier molecular flexibility index (Phi) is 6.74. The van der Waals surface area contributed by atoms with Crippen molar-refractivity contribution in [3.05, 3.63) is 57.7 Å². The van der Waals surface area contributed by atoms with Crippen LogP contribution in [0.5, 0.6) is 5.75 Å². The van der Waals surface area contributed by atoms with Crippen LogP contribution in [0, 0.1) is 0 Å². The number of aromatic nitrogens is 1. The SMILES string of the molecule is CCOc1cc2ncc(C(N)=O)c(Nc3cccc(Cl)c3Cl)c2cc1C1CCN(C)CC1. The van der Waals surface area contributed by atoms with Crippen LogP contribution in [0.25, 0.3) is 10.9 Å². The second kappa shape index (κ2) is 9.53. The van der Waals surface area contributed by atoms with Crippen molar-refractivity contribution >= 4 is 51.4 Å². The summed E-state index contributed by atoms with van der Waals surface area (Å²) in [5.74, 6) is 0.618. The van der Waals surface area contributed by atoms with Gasteiger partial charge in [-0.05, 0) is 69.6 Å². The smallest absolute Gasteiger partial charge is 0.252 e. The Morgan fingerprint density at radius 1 is 1.28 bits per heavy atom. The summed E-state index contributed by atoms with van der Waals surface area (Å²) in [6, 6.07) is 9.33. The number of hydrogen-bond donors (Lipinski definition) is 2. The number of nitrogens with one attached hydrogen (secondary N) is 1. The molecule has 0 atom stereocenters. The number of carbonyl (C=O) groups is 1. The Balaban J connectivity index is 1.90. The maximum Gasteiger partial charge on any atom is 0.252 e. The standard InChI is InChI=1S/C24H26Cl2N4O2/c1-3-32-21-12-20-16(11-15(21)14-7-9-30(2)10-8-14)23(17(13-28-20)24(27)31)29-19-6-4-5-18(25)22(19)26/h4-6,11-14H,3,7-10H2,1-2H3,(H2,27,31)(H,28,29). The number of amides is 1. The molecule has 2 aromatic carbocycles. The number of ether oxygens (including phenoxy) is 1. The predicted octanol–water partition coefficient (Wildman–Crippen LogP) is 5.59. The minimum atomic E-state index is -0.574. The van der Waals surface area contributed by atoms with Gasteiger partial charge in [0.15, 0.2) is 0 Å². The van der Waals surface area contributed by atoms with Crippen LogP contribution in [0.3, 0.4) is 0 Å². The maximum absolute atomic E-state index is 12.3. The summed E-state index contributed by atoms with van der Waals surface area (Å²) in [7, 11) is 2.14. The van der Waals surface area contributed by atoms with Crippen molar-refractivity contribution in [3.63, 3.8) is 0 Å². The zero-order chi connectivity index (χ0) is 22.8. The second-order valence-electron chi connectivity index (χ2n) is 8.06. The van der Waals surface area contributed by atoms with Gasteiger partial charge in [-0.25, -0.2) is 0 Å². The minimum absolute atomic E-state index is 0.284. The molecule has 8 heteroatoms. The van der Waals surface area contributed by atoms with Crippen LogP contribution in [0.4, 0.5) is 11.4 Å². The molecule has 0 radical (unpaired) electrons. The van der Waals surface area contributed by atoms with E-state index in [1.54, 1.807) is 18.2 Å². The summed E-state index contributed by atoms with van der Waals surface area (Å²) in [6.45, 7) is 4.59. The molecular weight excluding hydrogens is 447 g/mol. The summed E-state index contributed by atoms with van der Waals surface area (Å²) < 4.78 is 5.99. The Bertz CT molecular complexity index is 1160. The van der Waals surface area contributed by atoms with Gasteiger partial charge in [0.05, 0.1) is 39.1 Å². The highest BCUT2D eigenvalue weighted by Gasteiger charge is 2.24. The normalized spacial score (nSPS) is 15.1. The van der Waals surface area contributed by atoms with Crippen molar-refractivity contribution in [3.8, 4) is 5.75 Å². The van der Waals surface area contributed by atoms with Gasteiger partial charge in [0.2, 0.25) is 0 Å². The van der Waals surface area contributed by atoms with E-state index >= 15 is 0 Å². The predicted molar refractivity (Wildman–Crippen MR) is 131 cm³/mol. The van der Waals surface area contributed by atoms with Gasteiger partial charge in [-0.2, -0.15) is 0 Å². The number of fused-ring (bicyclic) bond motifs is 1. The molecule has 1 saturated heterocycles. The lowest BCUT2D eigenvalue weighted by molar-refractivity contribution is 0.100. The first-order valence-corrected chi connectivity index (χ1v) is 11.4. The molecule has 1 aliphatic heterocycles. The van der Waals surface area contributed by atoms with Crippen molar-refractivity contribution in [2.45, 2.75) is 25.7 Å². The van der Waals surface area contributed by atoms with Gasteiger partial charge < -0.3 is 20.7 Å². The van der Waals surface area contributed by atoms with Crippen LogP contribution < -0.4 is 15.8 Å². The number of nitrogens with zero attached hydrogens (tertiary/aromatic N) is 2. The number of hydrogen-bond acceptors (Lipinski definition) is 5. The quantitative estimate of drug-likeness (QED) is 0.488. The molecule has 6 nitrogen and oxygen atoms in total. The first kappa shape index (κ1) is 22.6. The van der Waals surface area contributed by atoms with Crippen molar-refractivity contribution in [2.75, 3.05) is 32.1 Å². The van der Waals surface area contributed by atoms with E-state index in [-0.39, 0.29) is 5.56 Å². The lowest BCUT2D eigenvalue weighted by atomic mass is 9.87. The molecule has 1 aromatic heterocycles. The van der Waals surface area contributed by atoms with Gasteiger partial charge in [0, 0.05) is 17.6 Å². The fraction of sp³-hybridized carbons (Fsp3) is 0.333. The van der Waals surface area contributed by atoms with Crippen LogP contribution in [-0.4, -0.2) is 42.5 Å². The molecule has 2 heterocycles. The van der Waals surface area contributed by atoms with Gasteiger partial charge in [0.25, 0.3) is 5.91 Å². The Labute approximate surface area is 197 Å². The lowest BCUT2D eigenvalue weighted by Gasteiger charge is -2.30. The number of rotatable bonds is 6. The zero-order valence-corrected chi connectivity index (χ0v) is 19.6. The first-order chi connectivity index (χ1) is 15.4. The van der Waals surface area contributed by atoms with Crippen LogP contribution in [0.1, 0.15) is 41.6 Å². The molecule has 0 aliphatic carbocycles. The molecule has 1 fully saturated rings. The molecule has 32 heavy (non-hydrogen) atoms. The van der Waals surface area contributed by atoms with E-state index in [1.807, 2.05) is 13.0 Å². The van der Waals surface area contributed by atoms with E-state index in [0.717, 1.165) is 42.6 Å². The van der Waals surface area contributed by atoms with Crippen LogP contribution >= 0.6 is 23.2 Å². The Morgan fingerprint density at radius 2 is 2.03 bits per heavy atom. The van der Waals surface area contributed by atoms with Gasteiger partial charge in [-0.1, -0.05) is 29.3 Å². The van der Waals surface area contributed by atoms with E-state index < -0.39 is 5.91 Å². The summed E-state index contributed by atoms with van der Waals surface area (Å²) in [6.07, 6.45) is 3.55. The van der Waals surface area contributed by atoms with E-state index in [2.05, 4.69) is 28.3 Å². The highest BCUT2D eigenvalue weighted by atomic mass is 35.5. The largest absolute Gasteiger partial charge is 0.494 e. The number of piperidine rings is 1. The molecule has 0 unspecified atom stereocenters. The molecule has 3 aromatic rings. The number of carbonyl (C=O) groups excluding carboxylic acids is 1. The summed E-state index contributed by atoms with van der Waals surface area (Å²) in [4.78, 5) is 19.1. The average molecular weight is 473 g/mol. The number of benzene rings is 2. The monoisotopic (exact) mass is 472 g/mol. The zero-order valence-electron chi connectivity index (χ0n) is 18.1. The molecule has 3 N–H and O–H groups in total. The third kappa shape index (κ3) is 4.49. The molecule has 1 amide bonds. The molecule has 0 bridgehead atoms. The minimum Gasteiger partial charge on any atom is -0.494 e. The lowest BCUT2D eigenvalue weighted by Crippen LogP contribution is -2.29. The Hall–Kier alpha value is -2.54. The fourth-order valence-corrected chi connectivity index (χ4v) is 4.56. The number of likely N-dealkylation sites (tertiary alicyclic amines) is 1. The third-order valence-corrected chi connectivity index (χ3v) is 6.75. The van der Waals surface area contributed by atoms with Crippen LogP contribution in [0.2, 0.25) is 10.0 Å². The van der Waals surface area contributed by atoms with E-state index in [4.69, 9.17) is 33.7 Å². The molecule has 0 spiro atoms. The highest BCUT2D eigenvalue weighted by Crippen LogP contribution is 2.41. The van der Waals surface area contributed by atoms with Gasteiger partial charge in [-0.15, -0.1) is 0 Å². The van der Waals surface area contributed by atoms with Crippen LogP contribution in [0.15, 0.2) is 36.5 Å². The molecule has 1 aliphatic rings. The number of nitrogens with two attached hydrogens (primary N) is 1. The van der Waals surface area contributed by atoms with Gasteiger partial charge in [0.1, 0.15) is 5.75 Å². The van der Waals surface area contributed by atoms with E-state index in [9.17, 15) is 4.79 Å². The molecular formula is C24H26Cl2N4O2. The molecule has 168 valence electrons. The average Bonchev–Trinajstić information content (AvgIpc) is 2.77.